The molecule has 1 N–H and O–H groups in total. The highest BCUT2D eigenvalue weighted by Crippen LogP contribution is 2.20. The number of halogens is 1. The summed E-state index contributed by atoms with van der Waals surface area (Å²) < 4.78 is 5.45. The zero-order valence-corrected chi connectivity index (χ0v) is 15.0. The van der Waals surface area contributed by atoms with E-state index in [9.17, 15) is 4.79 Å². The quantitative estimate of drug-likeness (QED) is 0.853. The largest absolute Gasteiger partial charge is 0.444 e. The first-order chi connectivity index (χ1) is 10.7. The minimum Gasteiger partial charge on any atom is -0.444 e. The average molecular weight is 341 g/mol. The predicted molar refractivity (Wildman–Crippen MR) is 90.8 cm³/mol. The van der Waals surface area contributed by atoms with Gasteiger partial charge >= 0.3 is 6.09 Å². The molecule has 0 aliphatic carbocycles. The average Bonchev–Trinajstić information content (AvgIpc) is 2.43. The number of carbonyl (C=O) groups excluding carboxylic acids is 1. The molecule has 2 rings (SSSR count). The first-order valence-electron chi connectivity index (χ1n) is 7.96. The van der Waals surface area contributed by atoms with Gasteiger partial charge in [0.05, 0.1) is 0 Å². The molecule has 1 saturated heterocycles. The van der Waals surface area contributed by atoms with Crippen LogP contribution in [0.2, 0.25) is 5.28 Å². The molecule has 1 aromatic heterocycles. The molecular formula is C16H25ClN4O2. The number of likely N-dealkylation sites (tertiary alicyclic amines) is 1. The number of ether oxygens (including phenoxy) is 1. The molecule has 1 amide bonds. The van der Waals surface area contributed by atoms with Gasteiger partial charge in [-0.05, 0) is 58.1 Å². The molecule has 1 fully saturated rings. The number of aromatic nitrogens is 2. The molecule has 0 spiro atoms. The summed E-state index contributed by atoms with van der Waals surface area (Å²) in [5.41, 5.74) is 0.365. The van der Waals surface area contributed by atoms with Gasteiger partial charge in [-0.3, -0.25) is 0 Å². The van der Waals surface area contributed by atoms with Gasteiger partial charge in [-0.1, -0.05) is 0 Å². The minimum atomic E-state index is -0.461. The zero-order chi connectivity index (χ0) is 17.0. The first-order valence-corrected chi connectivity index (χ1v) is 8.34. The van der Waals surface area contributed by atoms with Crippen molar-refractivity contribution in [3.63, 3.8) is 0 Å². The van der Waals surface area contributed by atoms with Crippen LogP contribution in [0, 0.1) is 12.8 Å². The number of carbonyl (C=O) groups is 1. The van der Waals surface area contributed by atoms with E-state index in [-0.39, 0.29) is 11.4 Å². The van der Waals surface area contributed by atoms with Gasteiger partial charge in [0.1, 0.15) is 11.4 Å². The van der Waals surface area contributed by atoms with Crippen LogP contribution in [0.3, 0.4) is 0 Å². The Labute approximate surface area is 142 Å². The second kappa shape index (κ2) is 7.34. The Balaban J connectivity index is 1.87. The van der Waals surface area contributed by atoms with Crippen molar-refractivity contribution < 1.29 is 9.53 Å². The van der Waals surface area contributed by atoms with Crippen molar-refractivity contribution in [2.24, 2.45) is 5.92 Å². The first kappa shape index (κ1) is 17.8. The number of piperidine rings is 1. The molecule has 128 valence electrons. The lowest BCUT2D eigenvalue weighted by Gasteiger charge is -2.34. The van der Waals surface area contributed by atoms with E-state index in [4.69, 9.17) is 16.3 Å². The summed E-state index contributed by atoms with van der Waals surface area (Å²) in [6.45, 7) is 9.72. The van der Waals surface area contributed by atoms with E-state index in [1.165, 1.54) is 0 Å². The predicted octanol–water partition coefficient (Wildman–Crippen LogP) is 3.50. The van der Waals surface area contributed by atoms with Crippen molar-refractivity contribution >= 4 is 23.5 Å². The summed E-state index contributed by atoms with van der Waals surface area (Å²) in [6, 6.07) is 1.86. The van der Waals surface area contributed by atoms with Crippen LogP contribution < -0.4 is 5.32 Å². The topological polar surface area (TPSA) is 67.4 Å². The van der Waals surface area contributed by atoms with Gasteiger partial charge < -0.3 is 15.0 Å². The van der Waals surface area contributed by atoms with E-state index in [0.29, 0.717) is 12.5 Å². The van der Waals surface area contributed by atoms with E-state index >= 15 is 0 Å². The summed E-state index contributed by atoms with van der Waals surface area (Å²) in [5.74, 6) is 1.09. The fourth-order valence-corrected chi connectivity index (χ4v) is 2.82. The Hall–Kier alpha value is -1.56. The van der Waals surface area contributed by atoms with Gasteiger partial charge in [0.2, 0.25) is 5.28 Å². The van der Waals surface area contributed by atoms with Crippen LogP contribution in [0.15, 0.2) is 6.07 Å². The third kappa shape index (κ3) is 5.86. The molecule has 23 heavy (non-hydrogen) atoms. The zero-order valence-electron chi connectivity index (χ0n) is 14.2. The number of anilines is 1. The molecule has 0 bridgehead atoms. The molecule has 0 saturated carbocycles. The Morgan fingerprint density at radius 3 is 2.87 bits per heavy atom. The summed E-state index contributed by atoms with van der Waals surface area (Å²) in [4.78, 5) is 22.2. The highest BCUT2D eigenvalue weighted by atomic mass is 35.5. The SMILES string of the molecule is Cc1cc(NC[C@H]2CCCN(C(=O)OC(C)(C)C)C2)nc(Cl)n1. The summed E-state index contributed by atoms with van der Waals surface area (Å²) in [6.07, 6.45) is 1.82. The number of hydrogen-bond donors (Lipinski definition) is 1. The highest BCUT2D eigenvalue weighted by molar-refractivity contribution is 6.28. The number of rotatable bonds is 3. The second-order valence-electron chi connectivity index (χ2n) is 6.98. The number of amides is 1. The van der Waals surface area contributed by atoms with Crippen LogP contribution in [0.4, 0.5) is 10.6 Å². The smallest absolute Gasteiger partial charge is 0.410 e. The molecule has 6 nitrogen and oxygen atoms in total. The van der Waals surface area contributed by atoms with Crippen LogP contribution >= 0.6 is 11.6 Å². The fraction of sp³-hybridized carbons (Fsp3) is 0.688. The fourth-order valence-electron chi connectivity index (χ4n) is 2.60. The molecule has 1 atom stereocenters. The van der Waals surface area contributed by atoms with Crippen molar-refractivity contribution in [2.75, 3.05) is 25.0 Å². The maximum absolute atomic E-state index is 12.2. The molecule has 2 heterocycles. The van der Waals surface area contributed by atoms with Crippen molar-refractivity contribution in [2.45, 2.75) is 46.1 Å². The Morgan fingerprint density at radius 1 is 1.48 bits per heavy atom. The molecule has 0 unspecified atom stereocenters. The van der Waals surface area contributed by atoms with Crippen LogP contribution in [0.5, 0.6) is 0 Å². The third-order valence-corrected chi connectivity index (χ3v) is 3.74. The monoisotopic (exact) mass is 340 g/mol. The molecular weight excluding hydrogens is 316 g/mol. The maximum atomic E-state index is 12.2. The van der Waals surface area contributed by atoms with Crippen LogP contribution in [-0.4, -0.2) is 46.2 Å². The van der Waals surface area contributed by atoms with Crippen molar-refractivity contribution in [3.05, 3.63) is 17.0 Å². The van der Waals surface area contributed by atoms with E-state index in [1.54, 1.807) is 4.90 Å². The number of nitrogens with one attached hydrogen (secondary N) is 1. The molecule has 1 aliphatic heterocycles. The number of aryl methyl sites for hydroxylation is 1. The summed E-state index contributed by atoms with van der Waals surface area (Å²) >= 11 is 5.87. The lowest BCUT2D eigenvalue weighted by atomic mass is 9.98. The lowest BCUT2D eigenvalue weighted by molar-refractivity contribution is 0.0172. The normalized spacial score (nSPS) is 18.7. The Morgan fingerprint density at radius 2 is 2.22 bits per heavy atom. The van der Waals surface area contributed by atoms with E-state index in [2.05, 4.69) is 15.3 Å². The Kier molecular flexibility index (Phi) is 5.68. The molecule has 0 radical (unpaired) electrons. The standard InChI is InChI=1S/C16H25ClN4O2/c1-11-8-13(20-14(17)19-11)18-9-12-6-5-7-21(10-12)15(22)23-16(2,3)4/h8,12H,5-7,9-10H2,1-4H3,(H,18,19,20)/t12-/m1/s1. The van der Waals surface area contributed by atoms with E-state index < -0.39 is 5.60 Å². The van der Waals surface area contributed by atoms with E-state index in [1.807, 2.05) is 33.8 Å². The molecule has 1 aromatic rings. The third-order valence-electron chi connectivity index (χ3n) is 3.57. The highest BCUT2D eigenvalue weighted by Gasteiger charge is 2.27. The Bertz CT molecular complexity index is 539. The second-order valence-corrected chi connectivity index (χ2v) is 7.32. The van der Waals surface area contributed by atoms with Crippen LogP contribution in [0.25, 0.3) is 0 Å². The van der Waals surface area contributed by atoms with Gasteiger partial charge in [0, 0.05) is 31.4 Å². The van der Waals surface area contributed by atoms with Gasteiger partial charge in [0.25, 0.3) is 0 Å². The minimum absolute atomic E-state index is 0.233. The number of hydrogen-bond acceptors (Lipinski definition) is 5. The summed E-state index contributed by atoms with van der Waals surface area (Å²) in [7, 11) is 0. The number of nitrogens with zero attached hydrogens (tertiary/aromatic N) is 3. The molecule has 7 heteroatoms. The van der Waals surface area contributed by atoms with Crippen molar-refractivity contribution in [1.29, 1.82) is 0 Å². The van der Waals surface area contributed by atoms with Gasteiger partial charge in [0.15, 0.2) is 0 Å². The van der Waals surface area contributed by atoms with Gasteiger partial charge in [-0.15, -0.1) is 0 Å². The van der Waals surface area contributed by atoms with Crippen LogP contribution in [-0.2, 0) is 4.74 Å². The lowest BCUT2D eigenvalue weighted by Crippen LogP contribution is -2.44. The van der Waals surface area contributed by atoms with Crippen LogP contribution in [0.1, 0.15) is 39.3 Å². The van der Waals surface area contributed by atoms with E-state index in [0.717, 1.165) is 37.4 Å². The molecule has 0 aromatic carbocycles. The molecule has 1 aliphatic rings. The summed E-state index contributed by atoms with van der Waals surface area (Å²) in [5, 5.41) is 3.53. The van der Waals surface area contributed by atoms with Gasteiger partial charge in [-0.2, -0.15) is 0 Å². The van der Waals surface area contributed by atoms with Crippen molar-refractivity contribution in [1.82, 2.24) is 14.9 Å². The maximum Gasteiger partial charge on any atom is 0.410 e. The van der Waals surface area contributed by atoms with Gasteiger partial charge in [-0.25, -0.2) is 14.8 Å². The van der Waals surface area contributed by atoms with Crippen molar-refractivity contribution in [3.8, 4) is 0 Å².